The van der Waals surface area contributed by atoms with Gasteiger partial charge in [-0.25, -0.2) is 0 Å². The van der Waals surface area contributed by atoms with Gasteiger partial charge in [0.15, 0.2) is 0 Å². The van der Waals surface area contributed by atoms with E-state index in [1.807, 2.05) is 35.3 Å². The fourth-order valence-corrected chi connectivity index (χ4v) is 2.23. The second-order valence-electron chi connectivity index (χ2n) is 4.53. The Kier molecular flexibility index (Phi) is 3.33. The van der Waals surface area contributed by atoms with Crippen LogP contribution in [0.15, 0.2) is 41.5 Å². The molecule has 1 saturated heterocycles. The maximum absolute atomic E-state index is 10.0. The second-order valence-corrected chi connectivity index (χ2v) is 4.53. The number of fused-ring (bicyclic) bond motifs is 1. The van der Waals surface area contributed by atoms with Gasteiger partial charge in [0.05, 0.1) is 32.5 Å². The normalized spacial score (nSPS) is 16.3. The van der Waals surface area contributed by atoms with Crippen LogP contribution in [0.4, 0.5) is 0 Å². The zero-order valence-electron chi connectivity index (χ0n) is 10.6. The first-order valence-corrected chi connectivity index (χ1v) is 6.42. The highest BCUT2D eigenvalue weighted by molar-refractivity contribution is 6.02. The molecule has 0 saturated carbocycles. The maximum Gasteiger partial charge on any atom is 0.125 e. The van der Waals surface area contributed by atoms with E-state index in [9.17, 15) is 5.11 Å². The SMILES string of the molecule is Oc1ccc2ccccc2c1/C=N/N1CCOCC1. The fraction of sp³-hybridized carbons (Fsp3) is 0.267. The molecule has 0 aromatic heterocycles. The number of hydrogen-bond acceptors (Lipinski definition) is 4. The Morgan fingerprint density at radius 1 is 1.11 bits per heavy atom. The summed E-state index contributed by atoms with van der Waals surface area (Å²) in [6.07, 6.45) is 1.74. The molecule has 0 spiro atoms. The molecule has 19 heavy (non-hydrogen) atoms. The van der Waals surface area contributed by atoms with Crippen molar-refractivity contribution in [3.05, 3.63) is 42.0 Å². The second kappa shape index (κ2) is 5.28. The Morgan fingerprint density at radius 2 is 1.89 bits per heavy atom. The zero-order valence-corrected chi connectivity index (χ0v) is 10.6. The lowest BCUT2D eigenvalue weighted by molar-refractivity contribution is 0.0397. The smallest absolute Gasteiger partial charge is 0.125 e. The molecule has 2 aromatic carbocycles. The summed E-state index contributed by atoms with van der Waals surface area (Å²) in [4.78, 5) is 0. The summed E-state index contributed by atoms with van der Waals surface area (Å²) in [5.74, 6) is 0.260. The van der Waals surface area contributed by atoms with E-state index in [0.717, 1.165) is 29.4 Å². The molecular weight excluding hydrogens is 240 g/mol. The predicted molar refractivity (Wildman–Crippen MR) is 75.6 cm³/mol. The Hall–Kier alpha value is -2.07. The molecule has 2 aromatic rings. The average Bonchev–Trinajstić information content (AvgIpc) is 2.47. The summed E-state index contributed by atoms with van der Waals surface area (Å²) < 4.78 is 5.28. The van der Waals surface area contributed by atoms with E-state index < -0.39 is 0 Å². The maximum atomic E-state index is 10.0. The van der Waals surface area contributed by atoms with E-state index in [2.05, 4.69) is 5.10 Å². The van der Waals surface area contributed by atoms with Gasteiger partial charge in [-0.3, -0.25) is 5.01 Å². The number of rotatable bonds is 2. The third-order valence-electron chi connectivity index (χ3n) is 3.29. The van der Waals surface area contributed by atoms with E-state index >= 15 is 0 Å². The molecule has 1 fully saturated rings. The van der Waals surface area contributed by atoms with Gasteiger partial charge in [-0.2, -0.15) is 5.10 Å². The van der Waals surface area contributed by atoms with Gasteiger partial charge in [-0.05, 0) is 16.8 Å². The van der Waals surface area contributed by atoms with Crippen LogP contribution in [0.3, 0.4) is 0 Å². The summed E-state index contributed by atoms with van der Waals surface area (Å²) >= 11 is 0. The monoisotopic (exact) mass is 256 g/mol. The van der Waals surface area contributed by atoms with Crippen molar-refractivity contribution in [3.8, 4) is 5.75 Å². The minimum Gasteiger partial charge on any atom is -0.507 e. The number of hydrazone groups is 1. The van der Waals surface area contributed by atoms with Crippen LogP contribution in [0.1, 0.15) is 5.56 Å². The van der Waals surface area contributed by atoms with Crippen LogP contribution in [-0.4, -0.2) is 42.6 Å². The topological polar surface area (TPSA) is 45.1 Å². The van der Waals surface area contributed by atoms with Crippen LogP contribution in [-0.2, 0) is 4.74 Å². The molecule has 1 N–H and O–H groups in total. The first kappa shape index (κ1) is 12.0. The highest BCUT2D eigenvalue weighted by Gasteiger charge is 2.08. The number of phenols is 1. The number of benzene rings is 2. The van der Waals surface area contributed by atoms with Crippen molar-refractivity contribution in [2.45, 2.75) is 0 Å². The Bertz CT molecular complexity index is 604. The molecule has 4 heteroatoms. The summed E-state index contributed by atoms with van der Waals surface area (Å²) in [6, 6.07) is 11.6. The molecular formula is C15H16N2O2. The zero-order chi connectivity index (χ0) is 13.1. The first-order valence-electron chi connectivity index (χ1n) is 6.42. The highest BCUT2D eigenvalue weighted by Crippen LogP contribution is 2.25. The van der Waals surface area contributed by atoms with Crippen molar-refractivity contribution in [2.75, 3.05) is 26.3 Å². The molecule has 0 amide bonds. The molecule has 98 valence electrons. The van der Waals surface area contributed by atoms with Gasteiger partial charge in [-0.1, -0.05) is 30.3 Å². The van der Waals surface area contributed by atoms with E-state index in [0.29, 0.717) is 13.2 Å². The van der Waals surface area contributed by atoms with Crippen LogP contribution < -0.4 is 0 Å². The third kappa shape index (κ3) is 2.53. The molecule has 0 radical (unpaired) electrons. The summed E-state index contributed by atoms with van der Waals surface area (Å²) in [5.41, 5.74) is 0.768. The van der Waals surface area contributed by atoms with Crippen LogP contribution in [0, 0.1) is 0 Å². The van der Waals surface area contributed by atoms with Crippen LogP contribution in [0.2, 0.25) is 0 Å². The van der Waals surface area contributed by atoms with Crippen molar-refractivity contribution in [2.24, 2.45) is 5.10 Å². The molecule has 1 aliphatic heterocycles. The molecule has 0 atom stereocenters. The van der Waals surface area contributed by atoms with E-state index in [1.54, 1.807) is 12.3 Å². The molecule has 4 nitrogen and oxygen atoms in total. The number of nitrogens with zero attached hydrogens (tertiary/aromatic N) is 2. The lowest BCUT2D eigenvalue weighted by atomic mass is 10.0. The van der Waals surface area contributed by atoms with Gasteiger partial charge in [0.25, 0.3) is 0 Å². The summed E-state index contributed by atoms with van der Waals surface area (Å²) in [5, 5.41) is 18.5. The Labute approximate surface area is 111 Å². The quantitative estimate of drug-likeness (QED) is 0.838. The Balaban J connectivity index is 1.95. The van der Waals surface area contributed by atoms with Crippen molar-refractivity contribution >= 4 is 17.0 Å². The molecule has 0 aliphatic carbocycles. The minimum atomic E-state index is 0.260. The van der Waals surface area contributed by atoms with E-state index in [-0.39, 0.29) is 5.75 Å². The Morgan fingerprint density at radius 3 is 2.74 bits per heavy atom. The average molecular weight is 256 g/mol. The molecule has 0 bridgehead atoms. The van der Waals surface area contributed by atoms with Gasteiger partial charge in [0.1, 0.15) is 5.75 Å². The molecule has 1 heterocycles. The van der Waals surface area contributed by atoms with E-state index in [1.165, 1.54) is 0 Å². The van der Waals surface area contributed by atoms with Crippen LogP contribution >= 0.6 is 0 Å². The summed E-state index contributed by atoms with van der Waals surface area (Å²) in [7, 11) is 0. The first-order chi connectivity index (χ1) is 9.34. The lowest BCUT2D eigenvalue weighted by Gasteiger charge is -2.23. The van der Waals surface area contributed by atoms with Crippen LogP contribution in [0.5, 0.6) is 5.75 Å². The predicted octanol–water partition coefficient (Wildman–Crippen LogP) is 2.21. The molecule has 1 aliphatic rings. The number of morpholine rings is 1. The number of ether oxygens (including phenoxy) is 1. The van der Waals surface area contributed by atoms with E-state index in [4.69, 9.17) is 4.74 Å². The molecule has 0 unspecified atom stereocenters. The van der Waals surface area contributed by atoms with Gasteiger partial charge >= 0.3 is 0 Å². The third-order valence-corrected chi connectivity index (χ3v) is 3.29. The lowest BCUT2D eigenvalue weighted by Crippen LogP contribution is -2.32. The van der Waals surface area contributed by atoms with Gasteiger partial charge in [0, 0.05) is 5.56 Å². The minimum absolute atomic E-state index is 0.260. The van der Waals surface area contributed by atoms with Gasteiger partial charge < -0.3 is 9.84 Å². The van der Waals surface area contributed by atoms with Gasteiger partial charge in [0.2, 0.25) is 0 Å². The van der Waals surface area contributed by atoms with Gasteiger partial charge in [-0.15, -0.1) is 0 Å². The van der Waals surface area contributed by atoms with Crippen molar-refractivity contribution < 1.29 is 9.84 Å². The number of hydrogen-bond donors (Lipinski definition) is 1. The largest absolute Gasteiger partial charge is 0.507 e. The van der Waals surface area contributed by atoms with Crippen molar-refractivity contribution in [3.63, 3.8) is 0 Å². The van der Waals surface area contributed by atoms with Crippen molar-refractivity contribution in [1.29, 1.82) is 0 Å². The standard InChI is InChI=1S/C15H16N2O2/c18-15-6-5-12-3-1-2-4-13(12)14(15)11-16-17-7-9-19-10-8-17/h1-6,11,18H,7-10H2/b16-11+. The highest BCUT2D eigenvalue weighted by atomic mass is 16.5. The van der Waals surface area contributed by atoms with Crippen molar-refractivity contribution in [1.82, 2.24) is 5.01 Å². The number of aromatic hydroxyl groups is 1. The fourth-order valence-electron chi connectivity index (χ4n) is 2.23. The molecule has 3 rings (SSSR count). The number of phenolic OH excluding ortho intramolecular Hbond substituents is 1. The summed E-state index contributed by atoms with van der Waals surface area (Å²) in [6.45, 7) is 3.00. The van der Waals surface area contributed by atoms with Crippen LogP contribution in [0.25, 0.3) is 10.8 Å².